The maximum Gasteiger partial charge on any atom is 0.435 e. The van der Waals surface area contributed by atoms with Crippen molar-refractivity contribution in [1.82, 2.24) is 14.7 Å². The third-order valence-corrected chi connectivity index (χ3v) is 4.45. The van der Waals surface area contributed by atoms with Crippen molar-refractivity contribution in [1.29, 1.82) is 0 Å². The number of aryl methyl sites for hydroxylation is 1. The van der Waals surface area contributed by atoms with Crippen LogP contribution in [0.1, 0.15) is 17.0 Å². The molecule has 0 amide bonds. The number of halogens is 3. The number of nitrogens with zero attached hydrogens (tertiary/aromatic N) is 3. The molecule has 0 unspecified atom stereocenters. The van der Waals surface area contributed by atoms with E-state index in [1.54, 1.807) is 23.4 Å². The number of alkyl halides is 3. The number of hydrogen-bond acceptors (Lipinski definition) is 4. The summed E-state index contributed by atoms with van der Waals surface area (Å²) >= 11 is 0. The zero-order valence-electron chi connectivity index (χ0n) is 15.2. The van der Waals surface area contributed by atoms with Crippen LogP contribution in [0.5, 0.6) is 5.75 Å². The Labute approximate surface area is 159 Å². The van der Waals surface area contributed by atoms with E-state index < -0.39 is 11.9 Å². The minimum absolute atomic E-state index is 0.0705. The lowest BCUT2D eigenvalue weighted by molar-refractivity contribution is -0.141. The molecule has 1 aliphatic rings. The fraction of sp³-hybridized carbons (Fsp3) is 0.150. The molecular formula is C20H17F3N4O. The summed E-state index contributed by atoms with van der Waals surface area (Å²) in [6.45, 7) is 1.95. The average Bonchev–Trinajstić information content (AvgIpc) is 3.07. The van der Waals surface area contributed by atoms with Gasteiger partial charge in [-0.25, -0.2) is 4.98 Å². The van der Waals surface area contributed by atoms with Gasteiger partial charge in [0, 0.05) is 24.3 Å². The van der Waals surface area contributed by atoms with Gasteiger partial charge < -0.3 is 15.0 Å². The van der Waals surface area contributed by atoms with Crippen LogP contribution < -0.4 is 15.0 Å². The third kappa shape index (κ3) is 3.06. The Morgan fingerprint density at radius 1 is 1.07 bits per heavy atom. The van der Waals surface area contributed by atoms with E-state index in [1.165, 1.54) is 30.0 Å². The number of fused-ring (bicyclic) bond motifs is 1. The molecule has 0 fully saturated rings. The topological polar surface area (TPSA) is 41.8 Å². The molecule has 0 radical (unpaired) electrons. The molecule has 0 bridgehead atoms. The number of anilines is 1. The van der Waals surface area contributed by atoms with Crippen molar-refractivity contribution in [2.45, 2.75) is 13.1 Å². The van der Waals surface area contributed by atoms with Gasteiger partial charge in [-0.15, -0.1) is 0 Å². The molecule has 0 spiro atoms. The summed E-state index contributed by atoms with van der Waals surface area (Å²) in [5.74, 6) is 0.432. The van der Waals surface area contributed by atoms with Crippen molar-refractivity contribution >= 4 is 17.0 Å². The second kappa shape index (κ2) is 6.63. The molecule has 3 aromatic rings. The summed E-state index contributed by atoms with van der Waals surface area (Å²) < 4.78 is 48.0. The predicted octanol–water partition coefficient (Wildman–Crippen LogP) is 4.55. The SMILES string of the molecule is COc1ccc2nc(C(F)(F)F)c(C3=CNC=CN3c3ccc(C)cc3)n2c1. The van der Waals surface area contributed by atoms with Crippen molar-refractivity contribution < 1.29 is 17.9 Å². The van der Waals surface area contributed by atoms with Crippen LogP contribution in [0.2, 0.25) is 0 Å². The van der Waals surface area contributed by atoms with Gasteiger partial charge in [-0.2, -0.15) is 13.2 Å². The standard InChI is InChI=1S/C20H17F3N4O/c1-13-3-5-14(6-4-13)26-10-9-24-11-16(26)18-19(20(21,22)23)25-17-8-7-15(28-2)12-27(17)18/h3-12,24H,1-2H3. The monoisotopic (exact) mass is 386 g/mol. The summed E-state index contributed by atoms with van der Waals surface area (Å²) in [6.07, 6.45) is 1.74. The zero-order chi connectivity index (χ0) is 19.9. The van der Waals surface area contributed by atoms with E-state index in [0.29, 0.717) is 11.4 Å². The first kappa shape index (κ1) is 18.0. The summed E-state index contributed by atoms with van der Waals surface area (Å²) in [4.78, 5) is 5.53. The zero-order valence-corrected chi connectivity index (χ0v) is 15.2. The molecular weight excluding hydrogens is 369 g/mol. The smallest absolute Gasteiger partial charge is 0.435 e. The van der Waals surface area contributed by atoms with Crippen LogP contribution in [0.25, 0.3) is 11.3 Å². The highest BCUT2D eigenvalue weighted by atomic mass is 19.4. The molecule has 0 saturated heterocycles. The molecule has 1 aromatic carbocycles. The Bertz CT molecular complexity index is 1080. The molecule has 28 heavy (non-hydrogen) atoms. The number of rotatable bonds is 3. The van der Waals surface area contributed by atoms with Gasteiger partial charge in [-0.1, -0.05) is 17.7 Å². The number of imidazole rings is 1. The minimum atomic E-state index is -4.62. The number of ether oxygens (including phenoxy) is 1. The Kier molecular flexibility index (Phi) is 4.26. The van der Waals surface area contributed by atoms with E-state index in [4.69, 9.17) is 4.74 Å². The fourth-order valence-electron chi connectivity index (χ4n) is 3.10. The quantitative estimate of drug-likeness (QED) is 0.717. The lowest BCUT2D eigenvalue weighted by Crippen LogP contribution is -2.24. The largest absolute Gasteiger partial charge is 0.495 e. The number of aromatic nitrogens is 2. The van der Waals surface area contributed by atoms with Crippen LogP contribution in [0.4, 0.5) is 18.9 Å². The molecule has 1 aliphatic heterocycles. The molecule has 0 saturated carbocycles. The van der Waals surface area contributed by atoms with Crippen LogP contribution in [-0.4, -0.2) is 16.5 Å². The van der Waals surface area contributed by atoms with Gasteiger partial charge >= 0.3 is 6.18 Å². The number of methoxy groups -OCH3 is 1. The first-order chi connectivity index (χ1) is 13.4. The molecule has 1 N–H and O–H groups in total. The number of pyridine rings is 1. The first-order valence-electron chi connectivity index (χ1n) is 8.51. The molecule has 3 heterocycles. The maximum atomic E-state index is 13.8. The van der Waals surface area contributed by atoms with Crippen molar-refractivity contribution in [2.24, 2.45) is 0 Å². The van der Waals surface area contributed by atoms with Crippen molar-refractivity contribution in [3.05, 3.63) is 78.1 Å². The third-order valence-electron chi connectivity index (χ3n) is 4.45. The van der Waals surface area contributed by atoms with E-state index in [0.717, 1.165) is 11.3 Å². The van der Waals surface area contributed by atoms with Crippen LogP contribution in [0, 0.1) is 6.92 Å². The Morgan fingerprint density at radius 2 is 1.82 bits per heavy atom. The van der Waals surface area contributed by atoms with E-state index in [9.17, 15) is 13.2 Å². The lowest BCUT2D eigenvalue weighted by atomic mass is 10.1. The van der Waals surface area contributed by atoms with Crippen molar-refractivity contribution in [2.75, 3.05) is 12.0 Å². The molecule has 0 aliphatic carbocycles. The normalized spacial score (nSPS) is 14.2. The molecule has 144 valence electrons. The summed E-state index contributed by atoms with van der Waals surface area (Å²) in [6, 6.07) is 10.6. The van der Waals surface area contributed by atoms with Crippen LogP contribution in [0.15, 0.2) is 61.2 Å². The Balaban J connectivity index is 1.95. The fourth-order valence-corrected chi connectivity index (χ4v) is 3.10. The van der Waals surface area contributed by atoms with E-state index in [2.05, 4.69) is 10.3 Å². The number of hydrogen-bond donors (Lipinski definition) is 1. The van der Waals surface area contributed by atoms with Crippen LogP contribution >= 0.6 is 0 Å². The van der Waals surface area contributed by atoms with E-state index >= 15 is 0 Å². The molecule has 0 atom stereocenters. The summed E-state index contributed by atoms with van der Waals surface area (Å²) in [5.41, 5.74) is 1.27. The van der Waals surface area contributed by atoms with E-state index in [1.807, 2.05) is 31.2 Å². The van der Waals surface area contributed by atoms with Crippen LogP contribution in [-0.2, 0) is 6.18 Å². The molecule has 8 heteroatoms. The Hall–Kier alpha value is -3.42. The van der Waals surface area contributed by atoms with Gasteiger partial charge in [0.05, 0.1) is 19.0 Å². The molecule has 2 aromatic heterocycles. The highest BCUT2D eigenvalue weighted by Crippen LogP contribution is 2.38. The van der Waals surface area contributed by atoms with E-state index in [-0.39, 0.29) is 11.3 Å². The van der Waals surface area contributed by atoms with Crippen molar-refractivity contribution in [3.8, 4) is 5.75 Å². The lowest BCUT2D eigenvalue weighted by Gasteiger charge is -2.27. The van der Waals surface area contributed by atoms with Gasteiger partial charge in [0.25, 0.3) is 0 Å². The maximum absolute atomic E-state index is 13.8. The highest BCUT2D eigenvalue weighted by molar-refractivity contribution is 5.83. The van der Waals surface area contributed by atoms with Gasteiger partial charge in [0.15, 0.2) is 5.69 Å². The van der Waals surface area contributed by atoms with Crippen LogP contribution in [0.3, 0.4) is 0 Å². The predicted molar refractivity (Wildman–Crippen MR) is 101 cm³/mol. The second-order valence-corrected chi connectivity index (χ2v) is 6.32. The highest BCUT2D eigenvalue weighted by Gasteiger charge is 2.40. The van der Waals surface area contributed by atoms with Gasteiger partial charge in [-0.3, -0.25) is 4.40 Å². The van der Waals surface area contributed by atoms with Crippen molar-refractivity contribution in [3.63, 3.8) is 0 Å². The van der Waals surface area contributed by atoms with Gasteiger partial charge in [0.1, 0.15) is 17.1 Å². The number of benzene rings is 1. The summed E-state index contributed by atoms with van der Waals surface area (Å²) in [7, 11) is 1.46. The number of nitrogens with one attached hydrogen (secondary N) is 1. The Morgan fingerprint density at radius 3 is 2.50 bits per heavy atom. The molecule has 4 rings (SSSR count). The molecule has 5 nitrogen and oxygen atoms in total. The van der Waals surface area contributed by atoms with Gasteiger partial charge in [0.2, 0.25) is 0 Å². The average molecular weight is 386 g/mol. The minimum Gasteiger partial charge on any atom is -0.495 e. The summed E-state index contributed by atoms with van der Waals surface area (Å²) in [5, 5.41) is 2.88. The second-order valence-electron chi connectivity index (χ2n) is 6.32. The first-order valence-corrected chi connectivity index (χ1v) is 8.51. The van der Waals surface area contributed by atoms with Gasteiger partial charge in [-0.05, 0) is 31.2 Å².